The smallest absolute Gasteiger partial charge is 0.0184 e. The first-order chi connectivity index (χ1) is 6.83. The summed E-state index contributed by atoms with van der Waals surface area (Å²) in [6.45, 7) is 2.97. The van der Waals surface area contributed by atoms with Crippen LogP contribution in [0.5, 0.6) is 0 Å². The average Bonchev–Trinajstić information content (AvgIpc) is 2.18. The molecule has 0 aliphatic heterocycles. The fourth-order valence-corrected chi connectivity index (χ4v) is 2.31. The Morgan fingerprint density at radius 3 is 2.86 bits per heavy atom. The van der Waals surface area contributed by atoms with E-state index in [1.54, 1.807) is 0 Å². The number of rotatable bonds is 6. The lowest BCUT2D eigenvalue weighted by Gasteiger charge is -2.02. The van der Waals surface area contributed by atoms with Crippen LogP contribution in [-0.4, -0.2) is 12.3 Å². The summed E-state index contributed by atoms with van der Waals surface area (Å²) >= 11 is 2.00. The van der Waals surface area contributed by atoms with Gasteiger partial charge in [0.05, 0.1) is 0 Å². The molecule has 0 atom stereocenters. The van der Waals surface area contributed by atoms with Gasteiger partial charge in [0, 0.05) is 5.75 Å². The Kier molecular flexibility index (Phi) is 5.72. The first-order valence-electron chi connectivity index (χ1n) is 5.16. The second kappa shape index (κ2) is 6.91. The quantitative estimate of drug-likeness (QED) is 0.729. The molecule has 1 aromatic carbocycles. The Morgan fingerprint density at radius 1 is 1.29 bits per heavy atom. The first-order valence-corrected chi connectivity index (χ1v) is 6.32. The van der Waals surface area contributed by atoms with Crippen LogP contribution in [0.2, 0.25) is 0 Å². The third kappa shape index (κ3) is 4.68. The van der Waals surface area contributed by atoms with E-state index in [0.29, 0.717) is 0 Å². The maximum Gasteiger partial charge on any atom is 0.0184 e. The SMILES string of the molecule is Cc1cccc(CSCCCCN)c1. The van der Waals surface area contributed by atoms with Gasteiger partial charge in [0.25, 0.3) is 0 Å². The van der Waals surface area contributed by atoms with Crippen LogP contribution in [0.15, 0.2) is 24.3 Å². The van der Waals surface area contributed by atoms with Gasteiger partial charge in [-0.25, -0.2) is 0 Å². The predicted molar refractivity (Wildman–Crippen MR) is 65.6 cm³/mol. The highest BCUT2D eigenvalue weighted by atomic mass is 32.2. The normalized spacial score (nSPS) is 10.4. The van der Waals surface area contributed by atoms with Crippen LogP contribution in [0.25, 0.3) is 0 Å². The van der Waals surface area contributed by atoms with Gasteiger partial charge < -0.3 is 5.73 Å². The van der Waals surface area contributed by atoms with Crippen molar-refractivity contribution in [3.8, 4) is 0 Å². The minimum absolute atomic E-state index is 0.824. The van der Waals surface area contributed by atoms with Crippen molar-refractivity contribution in [2.24, 2.45) is 5.73 Å². The van der Waals surface area contributed by atoms with Gasteiger partial charge in [0.1, 0.15) is 0 Å². The summed E-state index contributed by atoms with van der Waals surface area (Å²) in [6.07, 6.45) is 2.40. The standard InChI is InChI=1S/C12H19NS/c1-11-5-4-6-12(9-11)10-14-8-3-2-7-13/h4-6,9H,2-3,7-8,10,13H2,1H3. The van der Waals surface area contributed by atoms with Gasteiger partial charge in [-0.05, 0) is 37.6 Å². The average molecular weight is 209 g/mol. The summed E-state index contributed by atoms with van der Waals surface area (Å²) in [5, 5.41) is 0. The molecule has 78 valence electrons. The van der Waals surface area contributed by atoms with Gasteiger partial charge in [-0.15, -0.1) is 0 Å². The van der Waals surface area contributed by atoms with Gasteiger partial charge in [0.15, 0.2) is 0 Å². The highest BCUT2D eigenvalue weighted by Gasteiger charge is 1.93. The van der Waals surface area contributed by atoms with E-state index in [1.165, 1.54) is 23.3 Å². The molecule has 0 heterocycles. The predicted octanol–water partition coefficient (Wildman–Crippen LogP) is 2.97. The summed E-state index contributed by atoms with van der Waals surface area (Å²) in [7, 11) is 0. The van der Waals surface area contributed by atoms with Crippen LogP contribution in [-0.2, 0) is 5.75 Å². The zero-order chi connectivity index (χ0) is 10.2. The minimum Gasteiger partial charge on any atom is -0.330 e. The van der Waals surface area contributed by atoms with E-state index in [4.69, 9.17) is 5.73 Å². The molecule has 1 aromatic rings. The second-order valence-electron chi connectivity index (χ2n) is 3.54. The fraction of sp³-hybridized carbons (Fsp3) is 0.500. The molecule has 0 amide bonds. The zero-order valence-electron chi connectivity index (χ0n) is 8.83. The Balaban J connectivity index is 2.18. The fourth-order valence-electron chi connectivity index (χ4n) is 1.34. The highest BCUT2D eigenvalue weighted by molar-refractivity contribution is 7.98. The summed E-state index contributed by atoms with van der Waals surface area (Å²) in [4.78, 5) is 0. The van der Waals surface area contributed by atoms with Crippen molar-refractivity contribution in [1.82, 2.24) is 0 Å². The molecule has 0 saturated heterocycles. The topological polar surface area (TPSA) is 26.0 Å². The van der Waals surface area contributed by atoms with Crippen molar-refractivity contribution in [2.75, 3.05) is 12.3 Å². The lowest BCUT2D eigenvalue weighted by molar-refractivity contribution is 0.814. The van der Waals surface area contributed by atoms with Crippen LogP contribution in [0.3, 0.4) is 0 Å². The molecule has 0 unspecified atom stereocenters. The van der Waals surface area contributed by atoms with Gasteiger partial charge in [-0.3, -0.25) is 0 Å². The van der Waals surface area contributed by atoms with E-state index in [-0.39, 0.29) is 0 Å². The Morgan fingerprint density at radius 2 is 2.14 bits per heavy atom. The van der Waals surface area contributed by atoms with Gasteiger partial charge in [0.2, 0.25) is 0 Å². The molecule has 2 N–H and O–H groups in total. The number of aryl methyl sites for hydroxylation is 1. The van der Waals surface area contributed by atoms with Crippen molar-refractivity contribution < 1.29 is 0 Å². The van der Waals surface area contributed by atoms with Crippen LogP contribution in [0.1, 0.15) is 24.0 Å². The number of unbranched alkanes of at least 4 members (excludes halogenated alkanes) is 1. The van der Waals surface area contributed by atoms with Crippen LogP contribution < -0.4 is 5.73 Å². The van der Waals surface area contributed by atoms with Crippen molar-refractivity contribution in [2.45, 2.75) is 25.5 Å². The van der Waals surface area contributed by atoms with Gasteiger partial charge >= 0.3 is 0 Å². The second-order valence-corrected chi connectivity index (χ2v) is 4.64. The number of hydrogen-bond acceptors (Lipinski definition) is 2. The molecule has 0 bridgehead atoms. The molecule has 0 saturated carbocycles. The largest absolute Gasteiger partial charge is 0.330 e. The molecule has 0 aromatic heterocycles. The molecule has 14 heavy (non-hydrogen) atoms. The molecular weight excluding hydrogens is 190 g/mol. The van der Waals surface area contributed by atoms with Crippen molar-refractivity contribution in [3.63, 3.8) is 0 Å². The number of hydrogen-bond donors (Lipinski definition) is 1. The molecule has 0 aliphatic carbocycles. The van der Waals surface area contributed by atoms with Crippen molar-refractivity contribution >= 4 is 11.8 Å². The summed E-state index contributed by atoms with van der Waals surface area (Å²) in [5.74, 6) is 2.36. The van der Waals surface area contributed by atoms with Crippen LogP contribution >= 0.6 is 11.8 Å². The number of nitrogens with two attached hydrogens (primary N) is 1. The molecular formula is C12H19NS. The minimum atomic E-state index is 0.824. The van der Waals surface area contributed by atoms with Gasteiger partial charge in [-0.1, -0.05) is 29.8 Å². The molecule has 1 rings (SSSR count). The number of benzene rings is 1. The lowest BCUT2D eigenvalue weighted by atomic mass is 10.2. The lowest BCUT2D eigenvalue weighted by Crippen LogP contribution is -1.98. The highest BCUT2D eigenvalue weighted by Crippen LogP contribution is 2.14. The Bertz CT molecular complexity index is 260. The van der Waals surface area contributed by atoms with Crippen LogP contribution in [0, 0.1) is 6.92 Å². The molecule has 0 fully saturated rings. The van der Waals surface area contributed by atoms with E-state index in [9.17, 15) is 0 Å². The van der Waals surface area contributed by atoms with Crippen molar-refractivity contribution in [1.29, 1.82) is 0 Å². The molecule has 0 spiro atoms. The zero-order valence-corrected chi connectivity index (χ0v) is 9.65. The van der Waals surface area contributed by atoms with E-state index in [1.807, 2.05) is 11.8 Å². The van der Waals surface area contributed by atoms with Crippen molar-refractivity contribution in [3.05, 3.63) is 35.4 Å². The van der Waals surface area contributed by atoms with Crippen LogP contribution in [0.4, 0.5) is 0 Å². The van der Waals surface area contributed by atoms with E-state index < -0.39 is 0 Å². The first kappa shape index (κ1) is 11.6. The molecule has 0 aliphatic rings. The monoisotopic (exact) mass is 209 g/mol. The Labute approximate surface area is 91.1 Å². The number of thioether (sulfide) groups is 1. The molecule has 1 nitrogen and oxygen atoms in total. The summed E-state index contributed by atoms with van der Waals surface area (Å²) in [5.41, 5.74) is 8.22. The molecule has 0 radical (unpaired) electrons. The van der Waals surface area contributed by atoms with Gasteiger partial charge in [-0.2, -0.15) is 11.8 Å². The van der Waals surface area contributed by atoms with E-state index in [0.717, 1.165) is 18.7 Å². The van der Waals surface area contributed by atoms with E-state index in [2.05, 4.69) is 31.2 Å². The van der Waals surface area contributed by atoms with E-state index >= 15 is 0 Å². The Hall–Kier alpha value is -0.470. The maximum atomic E-state index is 5.43. The third-order valence-electron chi connectivity index (χ3n) is 2.09. The third-order valence-corrected chi connectivity index (χ3v) is 3.21. The summed E-state index contributed by atoms with van der Waals surface area (Å²) < 4.78 is 0. The molecule has 2 heteroatoms. The maximum absolute atomic E-state index is 5.43. The summed E-state index contributed by atoms with van der Waals surface area (Å²) in [6, 6.07) is 8.73.